The van der Waals surface area contributed by atoms with E-state index in [1.165, 1.54) is 17.7 Å². The molecule has 0 radical (unpaired) electrons. The third kappa shape index (κ3) is 2.91. The van der Waals surface area contributed by atoms with Crippen LogP contribution < -0.4 is 5.73 Å². The monoisotopic (exact) mass is 283 g/mol. The van der Waals surface area contributed by atoms with Crippen LogP contribution in [0.25, 0.3) is 0 Å². The maximum atomic E-state index is 13.2. The van der Waals surface area contributed by atoms with E-state index in [1.807, 2.05) is 5.38 Å². The summed E-state index contributed by atoms with van der Waals surface area (Å²) < 4.78 is 13.2. The summed E-state index contributed by atoms with van der Waals surface area (Å²) in [6.45, 7) is 2.10. The maximum Gasteiger partial charge on any atom is 0.123 e. The van der Waals surface area contributed by atoms with Crippen molar-refractivity contribution < 1.29 is 4.39 Å². The van der Waals surface area contributed by atoms with E-state index < -0.39 is 0 Å². The van der Waals surface area contributed by atoms with Gasteiger partial charge in [-0.15, -0.1) is 11.3 Å². The lowest BCUT2D eigenvalue weighted by molar-refractivity contribution is 0.622. The van der Waals surface area contributed by atoms with Gasteiger partial charge in [-0.05, 0) is 53.6 Å². The predicted octanol–water partition coefficient (Wildman–Crippen LogP) is 4.35. The predicted molar refractivity (Wildman–Crippen MR) is 75.7 cm³/mol. The maximum absolute atomic E-state index is 13.2. The Morgan fingerprint density at radius 2 is 2.11 bits per heavy atom. The summed E-state index contributed by atoms with van der Waals surface area (Å²) >= 11 is 7.71. The molecule has 2 rings (SSSR count). The van der Waals surface area contributed by atoms with E-state index in [9.17, 15) is 4.39 Å². The molecule has 0 saturated heterocycles. The highest BCUT2D eigenvalue weighted by Crippen LogP contribution is 2.28. The zero-order chi connectivity index (χ0) is 13.1. The molecule has 96 valence electrons. The van der Waals surface area contributed by atoms with Crippen LogP contribution in [0.1, 0.15) is 29.0 Å². The zero-order valence-corrected chi connectivity index (χ0v) is 11.7. The van der Waals surface area contributed by atoms with E-state index in [0.717, 1.165) is 16.9 Å². The van der Waals surface area contributed by atoms with Crippen LogP contribution in [-0.2, 0) is 12.8 Å². The molecule has 1 aromatic carbocycles. The van der Waals surface area contributed by atoms with Gasteiger partial charge in [0, 0.05) is 15.9 Å². The van der Waals surface area contributed by atoms with Crippen molar-refractivity contribution in [3.8, 4) is 0 Å². The summed E-state index contributed by atoms with van der Waals surface area (Å²) in [6, 6.07) is 6.36. The van der Waals surface area contributed by atoms with Crippen LogP contribution in [0.2, 0.25) is 5.02 Å². The number of rotatable bonds is 4. The summed E-state index contributed by atoms with van der Waals surface area (Å²) in [5, 5.41) is 2.61. The largest absolute Gasteiger partial charge is 0.323 e. The first-order valence-electron chi connectivity index (χ1n) is 5.87. The Labute approximate surface area is 115 Å². The zero-order valence-electron chi connectivity index (χ0n) is 10.1. The molecule has 0 bridgehead atoms. The van der Waals surface area contributed by atoms with Crippen LogP contribution in [0.15, 0.2) is 29.6 Å². The van der Waals surface area contributed by atoms with Crippen molar-refractivity contribution in [3.63, 3.8) is 0 Å². The van der Waals surface area contributed by atoms with Gasteiger partial charge in [-0.1, -0.05) is 18.5 Å². The Morgan fingerprint density at radius 1 is 1.33 bits per heavy atom. The van der Waals surface area contributed by atoms with Gasteiger partial charge in [-0.25, -0.2) is 4.39 Å². The summed E-state index contributed by atoms with van der Waals surface area (Å²) in [5.74, 6) is -0.275. The average molecular weight is 284 g/mol. The fraction of sp³-hybridized carbons (Fsp3) is 0.286. The quantitative estimate of drug-likeness (QED) is 0.887. The lowest BCUT2D eigenvalue weighted by Gasteiger charge is -2.13. The SMILES string of the molecule is CCc1ccsc1C(N)Cc1cc(F)ccc1Cl. The van der Waals surface area contributed by atoms with Gasteiger partial charge in [-0.3, -0.25) is 0 Å². The molecule has 0 aliphatic rings. The molecule has 0 fully saturated rings. The standard InChI is InChI=1S/C14H15ClFNS/c1-2-9-5-6-18-14(9)13(17)8-10-7-11(16)3-4-12(10)15/h3-7,13H,2,8,17H2,1H3. The van der Waals surface area contributed by atoms with Crippen LogP contribution in [0.5, 0.6) is 0 Å². The number of nitrogens with two attached hydrogens (primary N) is 1. The lowest BCUT2D eigenvalue weighted by atomic mass is 10.0. The van der Waals surface area contributed by atoms with Crippen LogP contribution in [0.4, 0.5) is 4.39 Å². The minimum atomic E-state index is -0.275. The highest BCUT2D eigenvalue weighted by atomic mass is 35.5. The first kappa shape index (κ1) is 13.5. The number of benzene rings is 1. The van der Waals surface area contributed by atoms with Crippen molar-refractivity contribution in [3.05, 3.63) is 56.5 Å². The van der Waals surface area contributed by atoms with Crippen LogP contribution >= 0.6 is 22.9 Å². The van der Waals surface area contributed by atoms with E-state index in [0.29, 0.717) is 11.4 Å². The van der Waals surface area contributed by atoms with E-state index in [-0.39, 0.29) is 11.9 Å². The number of hydrogen-bond donors (Lipinski definition) is 1. The van der Waals surface area contributed by atoms with Crippen LogP contribution in [0, 0.1) is 5.82 Å². The molecule has 1 nitrogen and oxygen atoms in total. The Kier molecular flexibility index (Phi) is 4.38. The van der Waals surface area contributed by atoms with Gasteiger partial charge in [0.2, 0.25) is 0 Å². The molecular formula is C14H15ClFNS. The van der Waals surface area contributed by atoms with Crippen LogP contribution in [-0.4, -0.2) is 0 Å². The van der Waals surface area contributed by atoms with Gasteiger partial charge in [0.1, 0.15) is 5.82 Å². The van der Waals surface area contributed by atoms with Crippen molar-refractivity contribution in [2.24, 2.45) is 5.73 Å². The second-order valence-corrected chi connectivity index (χ2v) is 5.56. The normalized spacial score (nSPS) is 12.7. The minimum absolute atomic E-state index is 0.126. The molecule has 0 aliphatic carbocycles. The van der Waals surface area contributed by atoms with Crippen molar-refractivity contribution in [2.45, 2.75) is 25.8 Å². The number of halogens is 2. The van der Waals surface area contributed by atoms with E-state index in [1.54, 1.807) is 17.4 Å². The van der Waals surface area contributed by atoms with Gasteiger partial charge >= 0.3 is 0 Å². The molecule has 0 spiro atoms. The molecule has 1 unspecified atom stereocenters. The molecule has 0 amide bonds. The molecule has 1 atom stereocenters. The van der Waals surface area contributed by atoms with Crippen molar-refractivity contribution in [2.75, 3.05) is 0 Å². The molecule has 18 heavy (non-hydrogen) atoms. The van der Waals surface area contributed by atoms with E-state index >= 15 is 0 Å². The first-order valence-corrected chi connectivity index (χ1v) is 7.13. The Bertz CT molecular complexity index is 538. The minimum Gasteiger partial charge on any atom is -0.323 e. The molecule has 1 aromatic heterocycles. The summed E-state index contributed by atoms with van der Waals surface area (Å²) in [6.07, 6.45) is 1.52. The molecular weight excluding hydrogens is 269 g/mol. The number of thiophene rings is 1. The first-order chi connectivity index (χ1) is 8.61. The Balaban J connectivity index is 2.21. The number of hydrogen-bond acceptors (Lipinski definition) is 2. The van der Waals surface area contributed by atoms with Gasteiger partial charge in [0.05, 0.1) is 0 Å². The van der Waals surface area contributed by atoms with E-state index in [4.69, 9.17) is 17.3 Å². The molecule has 0 aliphatic heterocycles. The summed E-state index contributed by atoms with van der Waals surface area (Å²) in [4.78, 5) is 1.16. The number of aryl methyl sites for hydroxylation is 1. The Hall–Kier alpha value is -0.900. The highest BCUT2D eigenvalue weighted by molar-refractivity contribution is 7.10. The topological polar surface area (TPSA) is 26.0 Å². The third-order valence-electron chi connectivity index (χ3n) is 2.95. The highest BCUT2D eigenvalue weighted by Gasteiger charge is 2.14. The lowest BCUT2D eigenvalue weighted by Crippen LogP contribution is -2.13. The van der Waals surface area contributed by atoms with Crippen LogP contribution in [0.3, 0.4) is 0 Å². The molecule has 2 aromatic rings. The second kappa shape index (κ2) is 5.83. The molecule has 4 heteroatoms. The average Bonchev–Trinajstić information content (AvgIpc) is 2.82. The van der Waals surface area contributed by atoms with Crippen molar-refractivity contribution in [1.29, 1.82) is 0 Å². The smallest absolute Gasteiger partial charge is 0.123 e. The van der Waals surface area contributed by atoms with Crippen molar-refractivity contribution in [1.82, 2.24) is 0 Å². The van der Waals surface area contributed by atoms with Gasteiger partial charge < -0.3 is 5.73 Å². The third-order valence-corrected chi connectivity index (χ3v) is 4.41. The van der Waals surface area contributed by atoms with E-state index in [2.05, 4.69) is 13.0 Å². The summed E-state index contributed by atoms with van der Waals surface area (Å²) in [5.41, 5.74) is 8.22. The second-order valence-electron chi connectivity index (χ2n) is 4.21. The van der Waals surface area contributed by atoms with Crippen molar-refractivity contribution >= 4 is 22.9 Å². The molecule has 0 saturated carbocycles. The Morgan fingerprint density at radius 3 is 2.83 bits per heavy atom. The van der Waals surface area contributed by atoms with Gasteiger partial charge in [-0.2, -0.15) is 0 Å². The van der Waals surface area contributed by atoms with Gasteiger partial charge in [0.25, 0.3) is 0 Å². The summed E-state index contributed by atoms with van der Waals surface area (Å²) in [7, 11) is 0. The van der Waals surface area contributed by atoms with Gasteiger partial charge in [0.15, 0.2) is 0 Å². The fourth-order valence-electron chi connectivity index (χ4n) is 1.99. The molecule has 1 heterocycles. The molecule has 2 N–H and O–H groups in total. The fourth-order valence-corrected chi connectivity index (χ4v) is 3.19.